The fourth-order valence-corrected chi connectivity index (χ4v) is 4.23. The van der Waals surface area contributed by atoms with Gasteiger partial charge in [-0.25, -0.2) is 4.79 Å². The van der Waals surface area contributed by atoms with Gasteiger partial charge in [0.15, 0.2) is 6.61 Å². The average Bonchev–Trinajstić information content (AvgIpc) is 3.23. The molecule has 1 unspecified atom stereocenters. The maximum absolute atomic E-state index is 12.8. The van der Waals surface area contributed by atoms with Crippen molar-refractivity contribution in [1.82, 2.24) is 5.32 Å². The molecule has 2 aromatic carbocycles. The zero-order chi connectivity index (χ0) is 24.0. The number of carbonyl (C=O) groups excluding carboxylic acids is 3. The van der Waals surface area contributed by atoms with Crippen molar-refractivity contribution >= 4 is 35.2 Å². The van der Waals surface area contributed by atoms with Crippen molar-refractivity contribution < 1.29 is 19.1 Å². The Balaban J connectivity index is 1.60. The molecule has 6 nitrogen and oxygen atoms in total. The summed E-state index contributed by atoms with van der Waals surface area (Å²) in [6.45, 7) is 6.56. The maximum Gasteiger partial charge on any atom is 0.329 e. The first kappa shape index (κ1) is 24.8. The normalized spacial score (nSPS) is 13.9. The van der Waals surface area contributed by atoms with Crippen LogP contribution in [0.2, 0.25) is 0 Å². The number of anilines is 1. The number of rotatable bonds is 8. The number of esters is 1. The number of hydrogen-bond donors (Lipinski definition) is 1. The third-order valence-corrected chi connectivity index (χ3v) is 6.38. The van der Waals surface area contributed by atoms with E-state index in [9.17, 15) is 14.4 Å². The average molecular weight is 469 g/mol. The lowest BCUT2D eigenvalue weighted by molar-refractivity contribution is -0.149. The summed E-state index contributed by atoms with van der Waals surface area (Å²) in [7, 11) is 0. The standard InChI is InChI=1S/C26H32N2O4S/c1-26(2,3)20-11-9-19(10-12-20)24(30)27-21(14-16-33-4)25(31)32-17-23(29)28-15-13-18-7-5-6-8-22(18)28/h5-12,21H,13-17H2,1-4H3,(H,27,30). The van der Waals surface area contributed by atoms with Gasteiger partial charge in [0.2, 0.25) is 0 Å². The Morgan fingerprint density at radius 2 is 1.79 bits per heavy atom. The lowest BCUT2D eigenvalue weighted by Gasteiger charge is -2.21. The molecule has 1 N–H and O–H groups in total. The summed E-state index contributed by atoms with van der Waals surface area (Å²) >= 11 is 1.58. The molecule has 176 valence electrons. The number of hydrogen-bond acceptors (Lipinski definition) is 5. The lowest BCUT2D eigenvalue weighted by atomic mass is 9.86. The van der Waals surface area contributed by atoms with Crippen molar-refractivity contribution in [3.63, 3.8) is 0 Å². The van der Waals surface area contributed by atoms with Crippen molar-refractivity contribution in [2.24, 2.45) is 0 Å². The number of amides is 2. The quantitative estimate of drug-likeness (QED) is 0.594. The van der Waals surface area contributed by atoms with Gasteiger partial charge in [-0.05, 0) is 59.6 Å². The number of nitrogens with zero attached hydrogens (tertiary/aromatic N) is 1. The van der Waals surface area contributed by atoms with E-state index in [1.54, 1.807) is 28.8 Å². The van der Waals surface area contributed by atoms with Crippen molar-refractivity contribution in [3.8, 4) is 0 Å². The third-order valence-electron chi connectivity index (χ3n) is 5.74. The van der Waals surface area contributed by atoms with Crippen LogP contribution in [0.1, 0.15) is 48.7 Å². The molecular formula is C26H32N2O4S. The van der Waals surface area contributed by atoms with Gasteiger partial charge in [0, 0.05) is 17.8 Å². The van der Waals surface area contributed by atoms with Crippen LogP contribution in [0.5, 0.6) is 0 Å². The van der Waals surface area contributed by atoms with Crippen LogP contribution < -0.4 is 10.2 Å². The Morgan fingerprint density at radius 1 is 1.09 bits per heavy atom. The van der Waals surface area contributed by atoms with Gasteiger partial charge >= 0.3 is 5.97 Å². The summed E-state index contributed by atoms with van der Waals surface area (Å²) in [6, 6.07) is 14.3. The van der Waals surface area contributed by atoms with Gasteiger partial charge < -0.3 is 15.0 Å². The second-order valence-electron chi connectivity index (χ2n) is 9.17. The van der Waals surface area contributed by atoms with Crippen LogP contribution in [0.4, 0.5) is 5.69 Å². The number of benzene rings is 2. The number of para-hydroxylation sites is 1. The second-order valence-corrected chi connectivity index (χ2v) is 10.2. The first-order valence-corrected chi connectivity index (χ1v) is 12.6. The van der Waals surface area contributed by atoms with E-state index >= 15 is 0 Å². The first-order chi connectivity index (χ1) is 15.7. The summed E-state index contributed by atoms with van der Waals surface area (Å²) in [5.74, 6) is -0.514. The molecule has 0 radical (unpaired) electrons. The van der Waals surface area contributed by atoms with E-state index in [1.807, 2.05) is 42.7 Å². The predicted octanol–water partition coefficient (Wildman–Crippen LogP) is 3.97. The first-order valence-electron chi connectivity index (χ1n) is 11.2. The van der Waals surface area contributed by atoms with Gasteiger partial charge in [-0.15, -0.1) is 0 Å². The number of carbonyl (C=O) groups is 3. The van der Waals surface area contributed by atoms with Gasteiger partial charge in [-0.2, -0.15) is 11.8 Å². The molecule has 7 heteroatoms. The predicted molar refractivity (Wildman–Crippen MR) is 133 cm³/mol. The Hall–Kier alpha value is -2.80. The van der Waals surface area contributed by atoms with Crippen molar-refractivity contribution in [1.29, 1.82) is 0 Å². The molecule has 1 aliphatic rings. The zero-order valence-corrected chi connectivity index (χ0v) is 20.5. The third kappa shape index (κ3) is 6.38. The molecular weight excluding hydrogens is 436 g/mol. The van der Waals surface area contributed by atoms with Crippen LogP contribution in [-0.2, 0) is 26.2 Å². The Kier molecular flexibility index (Phi) is 8.19. The number of thioether (sulfide) groups is 1. The summed E-state index contributed by atoms with van der Waals surface area (Å²) in [5.41, 5.74) is 3.57. The SMILES string of the molecule is CSCCC(NC(=O)c1ccc(C(C)(C)C)cc1)C(=O)OCC(=O)N1CCc2ccccc21. The molecule has 3 rings (SSSR count). The summed E-state index contributed by atoms with van der Waals surface area (Å²) in [5, 5.41) is 2.78. The molecule has 0 saturated heterocycles. The molecule has 0 spiro atoms. The molecule has 0 bridgehead atoms. The minimum Gasteiger partial charge on any atom is -0.454 e. The highest BCUT2D eigenvalue weighted by Crippen LogP contribution is 2.27. The van der Waals surface area contributed by atoms with Crippen LogP contribution in [0.3, 0.4) is 0 Å². The van der Waals surface area contributed by atoms with Crippen LogP contribution in [0, 0.1) is 0 Å². The Bertz CT molecular complexity index is 998. The number of fused-ring (bicyclic) bond motifs is 1. The fourth-order valence-electron chi connectivity index (χ4n) is 3.76. The molecule has 0 aliphatic carbocycles. The molecule has 2 aromatic rings. The molecule has 0 aromatic heterocycles. The maximum atomic E-state index is 12.8. The highest BCUT2D eigenvalue weighted by molar-refractivity contribution is 7.98. The van der Waals surface area contributed by atoms with Crippen molar-refractivity contribution in [3.05, 3.63) is 65.2 Å². The lowest BCUT2D eigenvalue weighted by Crippen LogP contribution is -2.43. The Morgan fingerprint density at radius 3 is 2.45 bits per heavy atom. The molecule has 1 aliphatic heterocycles. The highest BCUT2D eigenvalue weighted by atomic mass is 32.2. The van der Waals surface area contributed by atoms with E-state index in [0.29, 0.717) is 24.3 Å². The summed E-state index contributed by atoms with van der Waals surface area (Å²) in [6.07, 6.45) is 3.15. The van der Waals surface area contributed by atoms with Gasteiger partial charge in [0.05, 0.1) is 0 Å². The van der Waals surface area contributed by atoms with E-state index in [0.717, 1.165) is 23.2 Å². The minimum atomic E-state index is -0.814. The van der Waals surface area contributed by atoms with Crippen LogP contribution in [-0.4, -0.2) is 49.0 Å². The number of nitrogens with one attached hydrogen (secondary N) is 1. The molecule has 1 heterocycles. The van der Waals surface area contributed by atoms with E-state index in [4.69, 9.17) is 4.74 Å². The van der Waals surface area contributed by atoms with Crippen LogP contribution >= 0.6 is 11.8 Å². The van der Waals surface area contributed by atoms with Crippen molar-refractivity contribution in [2.75, 3.05) is 30.1 Å². The summed E-state index contributed by atoms with van der Waals surface area (Å²) in [4.78, 5) is 39.8. The Labute approximate surface area is 200 Å². The van der Waals surface area contributed by atoms with E-state index < -0.39 is 12.0 Å². The molecule has 0 saturated carbocycles. The zero-order valence-electron chi connectivity index (χ0n) is 19.7. The van der Waals surface area contributed by atoms with E-state index in [1.165, 1.54) is 0 Å². The van der Waals surface area contributed by atoms with E-state index in [2.05, 4.69) is 26.1 Å². The van der Waals surface area contributed by atoms with Gasteiger partial charge in [-0.1, -0.05) is 51.1 Å². The molecule has 1 atom stereocenters. The van der Waals surface area contributed by atoms with Gasteiger partial charge in [0.1, 0.15) is 6.04 Å². The monoisotopic (exact) mass is 468 g/mol. The highest BCUT2D eigenvalue weighted by Gasteiger charge is 2.27. The second kappa shape index (κ2) is 10.9. The molecule has 0 fully saturated rings. The number of ether oxygens (including phenoxy) is 1. The minimum absolute atomic E-state index is 0.0118. The topological polar surface area (TPSA) is 75.7 Å². The van der Waals surface area contributed by atoms with Crippen molar-refractivity contribution in [2.45, 2.75) is 45.1 Å². The van der Waals surface area contributed by atoms with Gasteiger partial charge in [0.25, 0.3) is 11.8 Å². The molecule has 33 heavy (non-hydrogen) atoms. The fraction of sp³-hybridized carbons (Fsp3) is 0.423. The van der Waals surface area contributed by atoms with Crippen LogP contribution in [0.15, 0.2) is 48.5 Å². The molecule has 2 amide bonds. The van der Waals surface area contributed by atoms with Crippen LogP contribution in [0.25, 0.3) is 0 Å². The van der Waals surface area contributed by atoms with E-state index in [-0.39, 0.29) is 23.8 Å². The largest absolute Gasteiger partial charge is 0.454 e. The summed E-state index contributed by atoms with van der Waals surface area (Å²) < 4.78 is 5.34. The smallest absolute Gasteiger partial charge is 0.329 e. The van der Waals surface area contributed by atoms with Gasteiger partial charge in [-0.3, -0.25) is 9.59 Å².